The van der Waals surface area contributed by atoms with Gasteiger partial charge in [0, 0.05) is 11.1 Å². The van der Waals surface area contributed by atoms with Crippen LogP contribution in [0.4, 0.5) is 0 Å². The van der Waals surface area contributed by atoms with Crippen LogP contribution in [-0.4, -0.2) is 18.6 Å². The van der Waals surface area contributed by atoms with E-state index in [1.54, 1.807) is 0 Å². The van der Waals surface area contributed by atoms with Gasteiger partial charge in [-0.2, -0.15) is 0 Å². The summed E-state index contributed by atoms with van der Waals surface area (Å²) in [6, 6.07) is 7.47. The smallest absolute Gasteiger partial charge is 0.323 e. The lowest BCUT2D eigenvalue weighted by atomic mass is 10.1. The van der Waals surface area contributed by atoms with E-state index in [9.17, 15) is 4.79 Å². The fourth-order valence-corrected chi connectivity index (χ4v) is 2.08. The van der Waals surface area contributed by atoms with Gasteiger partial charge in [0.1, 0.15) is 6.04 Å². The van der Waals surface area contributed by atoms with Crippen molar-refractivity contribution in [3.05, 3.63) is 34.9 Å². The van der Waals surface area contributed by atoms with Crippen molar-refractivity contribution in [2.24, 2.45) is 0 Å². The van der Waals surface area contributed by atoms with Crippen LogP contribution in [-0.2, 0) is 9.53 Å². The van der Waals surface area contributed by atoms with Gasteiger partial charge in [-0.05, 0) is 38.0 Å². The summed E-state index contributed by atoms with van der Waals surface area (Å²) in [5.41, 5.74) is 1.11. The Morgan fingerprint density at radius 2 is 1.95 bits per heavy atom. The summed E-state index contributed by atoms with van der Waals surface area (Å²) in [6.07, 6.45) is 1.71. The highest BCUT2D eigenvalue weighted by Gasteiger charge is 2.21. The third-order valence-electron chi connectivity index (χ3n) is 2.97. The van der Waals surface area contributed by atoms with E-state index in [1.165, 1.54) is 0 Å². The topological polar surface area (TPSA) is 38.3 Å². The Morgan fingerprint density at radius 1 is 1.32 bits per heavy atom. The second kappa shape index (κ2) is 8.18. The molecule has 0 heterocycles. The Kier molecular flexibility index (Phi) is 6.89. The predicted molar refractivity (Wildman–Crippen MR) is 78.3 cm³/mol. The number of esters is 1. The zero-order valence-corrected chi connectivity index (χ0v) is 12.5. The molecule has 19 heavy (non-hydrogen) atoms. The van der Waals surface area contributed by atoms with Crippen LogP contribution < -0.4 is 5.32 Å². The van der Waals surface area contributed by atoms with Crippen LogP contribution in [0.3, 0.4) is 0 Å². The number of benzene rings is 1. The number of carbonyl (C=O) groups is 1. The van der Waals surface area contributed by atoms with Crippen molar-refractivity contribution in [1.29, 1.82) is 0 Å². The normalized spacial score (nSPS) is 13.9. The van der Waals surface area contributed by atoms with E-state index >= 15 is 0 Å². The summed E-state index contributed by atoms with van der Waals surface area (Å²) in [5.74, 6) is -0.176. The van der Waals surface area contributed by atoms with E-state index in [1.807, 2.05) is 38.1 Å². The molecule has 0 saturated heterocycles. The molecule has 0 spiro atoms. The maximum Gasteiger partial charge on any atom is 0.323 e. The van der Waals surface area contributed by atoms with Gasteiger partial charge in [-0.1, -0.05) is 37.1 Å². The van der Waals surface area contributed by atoms with Crippen LogP contribution in [0.5, 0.6) is 0 Å². The molecule has 4 heteroatoms. The summed E-state index contributed by atoms with van der Waals surface area (Å²) >= 11 is 5.87. The van der Waals surface area contributed by atoms with E-state index in [0.29, 0.717) is 11.6 Å². The van der Waals surface area contributed by atoms with Gasteiger partial charge in [0.05, 0.1) is 6.61 Å². The van der Waals surface area contributed by atoms with Gasteiger partial charge >= 0.3 is 5.97 Å². The zero-order valence-electron chi connectivity index (χ0n) is 11.8. The first kappa shape index (κ1) is 16.0. The molecule has 1 rings (SSSR count). The first-order valence-electron chi connectivity index (χ1n) is 6.76. The van der Waals surface area contributed by atoms with Gasteiger partial charge < -0.3 is 4.74 Å². The van der Waals surface area contributed by atoms with Crippen molar-refractivity contribution in [2.45, 2.75) is 45.7 Å². The average Bonchev–Trinajstić information content (AvgIpc) is 2.39. The molecule has 1 N–H and O–H groups in total. The number of carbonyl (C=O) groups excluding carboxylic acids is 1. The molecular formula is C15H22ClNO2. The van der Waals surface area contributed by atoms with E-state index in [-0.39, 0.29) is 18.1 Å². The molecule has 2 atom stereocenters. The second-order valence-electron chi connectivity index (χ2n) is 4.53. The molecule has 3 nitrogen and oxygen atoms in total. The molecule has 0 aromatic heterocycles. The predicted octanol–water partition coefficient (Wildman–Crippen LogP) is 3.72. The summed E-state index contributed by atoms with van der Waals surface area (Å²) in [4.78, 5) is 11.8. The highest BCUT2D eigenvalue weighted by molar-refractivity contribution is 6.30. The Morgan fingerprint density at radius 3 is 2.47 bits per heavy atom. The van der Waals surface area contributed by atoms with Gasteiger partial charge in [-0.15, -0.1) is 0 Å². The average molecular weight is 284 g/mol. The van der Waals surface area contributed by atoms with E-state index in [4.69, 9.17) is 16.3 Å². The SMILES string of the molecule is CCCC(N[C@@H](C)c1ccc(Cl)cc1)C(=O)OCC. The fourth-order valence-electron chi connectivity index (χ4n) is 1.95. The van der Waals surface area contributed by atoms with E-state index in [0.717, 1.165) is 18.4 Å². The summed E-state index contributed by atoms with van der Waals surface area (Å²) < 4.78 is 5.09. The van der Waals surface area contributed by atoms with Crippen molar-refractivity contribution in [3.63, 3.8) is 0 Å². The van der Waals surface area contributed by atoms with Crippen LogP contribution in [0, 0.1) is 0 Å². The summed E-state index contributed by atoms with van der Waals surface area (Å²) in [6.45, 7) is 6.32. The standard InChI is InChI=1S/C15H22ClNO2/c1-4-6-14(15(18)19-5-2)17-11(3)12-7-9-13(16)10-8-12/h7-11,14,17H,4-6H2,1-3H3/t11-,14?/m0/s1. The summed E-state index contributed by atoms with van der Waals surface area (Å²) in [7, 11) is 0. The molecule has 0 radical (unpaired) electrons. The molecule has 0 saturated carbocycles. The van der Waals surface area contributed by atoms with Crippen molar-refractivity contribution in [3.8, 4) is 0 Å². The van der Waals surface area contributed by atoms with Crippen LogP contribution >= 0.6 is 11.6 Å². The molecule has 1 aromatic carbocycles. The number of ether oxygens (including phenoxy) is 1. The minimum absolute atomic E-state index is 0.0817. The third-order valence-corrected chi connectivity index (χ3v) is 3.22. The van der Waals surface area contributed by atoms with Crippen molar-refractivity contribution in [2.75, 3.05) is 6.61 Å². The summed E-state index contributed by atoms with van der Waals surface area (Å²) in [5, 5.41) is 4.03. The van der Waals surface area contributed by atoms with Crippen molar-refractivity contribution < 1.29 is 9.53 Å². The van der Waals surface area contributed by atoms with E-state index < -0.39 is 0 Å². The number of rotatable bonds is 7. The Hall–Kier alpha value is -1.06. The van der Waals surface area contributed by atoms with Crippen LogP contribution in [0.15, 0.2) is 24.3 Å². The minimum Gasteiger partial charge on any atom is -0.465 e. The zero-order chi connectivity index (χ0) is 14.3. The van der Waals surface area contributed by atoms with Crippen LogP contribution in [0.2, 0.25) is 5.02 Å². The van der Waals surface area contributed by atoms with Crippen LogP contribution in [0.1, 0.15) is 45.2 Å². The quantitative estimate of drug-likeness (QED) is 0.775. The van der Waals surface area contributed by atoms with Crippen molar-refractivity contribution in [1.82, 2.24) is 5.32 Å². The fraction of sp³-hybridized carbons (Fsp3) is 0.533. The molecule has 106 valence electrons. The van der Waals surface area contributed by atoms with Gasteiger partial charge in [0.2, 0.25) is 0 Å². The number of hydrogen-bond donors (Lipinski definition) is 1. The van der Waals surface area contributed by atoms with Gasteiger partial charge in [0.15, 0.2) is 0 Å². The highest BCUT2D eigenvalue weighted by Crippen LogP contribution is 2.17. The molecule has 0 aliphatic rings. The lowest BCUT2D eigenvalue weighted by Gasteiger charge is -2.22. The lowest BCUT2D eigenvalue weighted by Crippen LogP contribution is -2.39. The largest absolute Gasteiger partial charge is 0.465 e. The van der Waals surface area contributed by atoms with Gasteiger partial charge in [0.25, 0.3) is 0 Å². The highest BCUT2D eigenvalue weighted by atomic mass is 35.5. The lowest BCUT2D eigenvalue weighted by molar-refractivity contribution is -0.146. The number of halogens is 1. The second-order valence-corrected chi connectivity index (χ2v) is 4.97. The Balaban J connectivity index is 2.67. The first-order chi connectivity index (χ1) is 9.08. The molecule has 0 bridgehead atoms. The molecule has 0 fully saturated rings. The molecule has 1 aromatic rings. The van der Waals surface area contributed by atoms with Crippen molar-refractivity contribution >= 4 is 17.6 Å². The first-order valence-corrected chi connectivity index (χ1v) is 7.14. The monoisotopic (exact) mass is 283 g/mol. The molecular weight excluding hydrogens is 262 g/mol. The molecule has 1 unspecified atom stereocenters. The Labute approximate surface area is 120 Å². The number of nitrogens with one attached hydrogen (secondary N) is 1. The maximum absolute atomic E-state index is 11.8. The molecule has 0 aliphatic heterocycles. The van der Waals surface area contributed by atoms with Gasteiger partial charge in [-0.25, -0.2) is 0 Å². The third kappa shape index (κ3) is 5.21. The minimum atomic E-state index is -0.254. The Bertz CT molecular complexity index is 392. The number of hydrogen-bond acceptors (Lipinski definition) is 3. The van der Waals surface area contributed by atoms with Gasteiger partial charge in [-0.3, -0.25) is 10.1 Å². The van der Waals surface area contributed by atoms with Crippen LogP contribution in [0.25, 0.3) is 0 Å². The van der Waals surface area contributed by atoms with E-state index in [2.05, 4.69) is 12.2 Å². The molecule has 0 amide bonds. The molecule has 0 aliphatic carbocycles. The maximum atomic E-state index is 11.8.